The summed E-state index contributed by atoms with van der Waals surface area (Å²) in [6.07, 6.45) is 1.41. The Morgan fingerprint density at radius 2 is 1.78 bits per heavy atom. The maximum absolute atomic E-state index is 13.2. The van der Waals surface area contributed by atoms with Crippen LogP contribution in [0.3, 0.4) is 0 Å². The molecule has 1 fully saturated rings. The predicted octanol–water partition coefficient (Wildman–Crippen LogP) is 5.06. The van der Waals surface area contributed by atoms with Crippen molar-refractivity contribution >= 4 is 17.5 Å². The van der Waals surface area contributed by atoms with E-state index in [0.29, 0.717) is 49.5 Å². The standard InChI is InChI=1S/C24H25ClFN3O3/c1-3-31-20-6-4-5-7-21(20)32-19-12-14-28(15-13-19)24(30)22-16(2)27-29(23(22)25)18-10-8-17(26)9-11-18/h4-11,19H,3,12-15H2,1-2H3. The molecule has 0 aliphatic carbocycles. The molecule has 2 aromatic carbocycles. The van der Waals surface area contributed by atoms with Crippen LogP contribution in [0, 0.1) is 12.7 Å². The van der Waals surface area contributed by atoms with E-state index in [2.05, 4.69) is 5.10 Å². The van der Waals surface area contributed by atoms with Gasteiger partial charge in [0.25, 0.3) is 5.91 Å². The molecule has 4 rings (SSSR count). The second kappa shape index (κ2) is 9.61. The van der Waals surface area contributed by atoms with Gasteiger partial charge in [-0.2, -0.15) is 5.10 Å². The molecule has 0 N–H and O–H groups in total. The predicted molar refractivity (Wildman–Crippen MR) is 120 cm³/mol. The maximum Gasteiger partial charge on any atom is 0.258 e. The van der Waals surface area contributed by atoms with Gasteiger partial charge in [-0.25, -0.2) is 9.07 Å². The van der Waals surface area contributed by atoms with Gasteiger partial charge in [-0.05, 0) is 50.2 Å². The van der Waals surface area contributed by atoms with Crippen molar-refractivity contribution in [3.05, 3.63) is 70.8 Å². The molecule has 1 saturated heterocycles. The van der Waals surface area contributed by atoms with E-state index < -0.39 is 0 Å². The van der Waals surface area contributed by atoms with Crippen LogP contribution in [-0.4, -0.2) is 46.4 Å². The van der Waals surface area contributed by atoms with E-state index in [1.807, 2.05) is 31.2 Å². The highest BCUT2D eigenvalue weighted by Gasteiger charge is 2.29. The fourth-order valence-corrected chi connectivity index (χ4v) is 4.19. The van der Waals surface area contributed by atoms with Crippen LogP contribution in [0.1, 0.15) is 35.8 Å². The van der Waals surface area contributed by atoms with E-state index in [4.69, 9.17) is 21.1 Å². The third-order valence-electron chi connectivity index (χ3n) is 5.46. The molecule has 1 amide bonds. The van der Waals surface area contributed by atoms with Crippen molar-refractivity contribution in [2.24, 2.45) is 0 Å². The molecule has 0 unspecified atom stereocenters. The fourth-order valence-electron chi connectivity index (χ4n) is 3.83. The van der Waals surface area contributed by atoms with Gasteiger partial charge in [-0.1, -0.05) is 23.7 Å². The van der Waals surface area contributed by atoms with Crippen LogP contribution < -0.4 is 9.47 Å². The monoisotopic (exact) mass is 457 g/mol. The van der Waals surface area contributed by atoms with Gasteiger partial charge in [0.05, 0.1) is 23.6 Å². The van der Waals surface area contributed by atoms with Gasteiger partial charge >= 0.3 is 0 Å². The quantitative estimate of drug-likeness (QED) is 0.519. The number of nitrogens with zero attached hydrogens (tertiary/aromatic N) is 3. The third-order valence-corrected chi connectivity index (χ3v) is 5.81. The molecule has 1 aliphatic heterocycles. The summed E-state index contributed by atoms with van der Waals surface area (Å²) in [5.74, 6) is 0.941. The number of benzene rings is 2. The van der Waals surface area contributed by atoms with Crippen LogP contribution in [0.5, 0.6) is 11.5 Å². The van der Waals surface area contributed by atoms with Gasteiger partial charge in [-0.3, -0.25) is 4.79 Å². The van der Waals surface area contributed by atoms with Crippen LogP contribution in [0.4, 0.5) is 4.39 Å². The SMILES string of the molecule is CCOc1ccccc1OC1CCN(C(=O)c2c(C)nn(-c3ccc(F)cc3)c2Cl)CC1. The molecular formula is C24H25ClFN3O3. The zero-order valence-electron chi connectivity index (χ0n) is 18.1. The van der Waals surface area contributed by atoms with Gasteiger partial charge in [-0.15, -0.1) is 0 Å². The minimum Gasteiger partial charge on any atom is -0.490 e. The summed E-state index contributed by atoms with van der Waals surface area (Å²) < 4.78 is 26.5. The molecule has 3 aromatic rings. The first-order valence-electron chi connectivity index (χ1n) is 10.7. The molecule has 0 saturated carbocycles. The van der Waals surface area contributed by atoms with E-state index in [1.165, 1.54) is 16.8 Å². The summed E-state index contributed by atoms with van der Waals surface area (Å²) >= 11 is 6.52. The molecule has 1 aromatic heterocycles. The first-order valence-corrected chi connectivity index (χ1v) is 11.0. The average molecular weight is 458 g/mol. The number of piperidine rings is 1. The summed E-state index contributed by atoms with van der Waals surface area (Å²) in [7, 11) is 0. The number of aromatic nitrogens is 2. The fraction of sp³-hybridized carbons (Fsp3) is 0.333. The minimum absolute atomic E-state index is 0.000775. The van der Waals surface area contributed by atoms with E-state index in [9.17, 15) is 9.18 Å². The lowest BCUT2D eigenvalue weighted by Gasteiger charge is -2.32. The summed E-state index contributed by atoms with van der Waals surface area (Å²) in [6, 6.07) is 13.4. The van der Waals surface area contributed by atoms with Crippen LogP contribution >= 0.6 is 11.6 Å². The molecular weight excluding hydrogens is 433 g/mol. The average Bonchev–Trinajstić information content (AvgIpc) is 3.09. The largest absolute Gasteiger partial charge is 0.490 e. The van der Waals surface area contributed by atoms with E-state index in [-0.39, 0.29) is 23.0 Å². The number of hydrogen-bond donors (Lipinski definition) is 0. The van der Waals surface area contributed by atoms with Crippen molar-refractivity contribution in [2.45, 2.75) is 32.8 Å². The van der Waals surface area contributed by atoms with Crippen LogP contribution in [-0.2, 0) is 0 Å². The first kappa shape index (κ1) is 22.1. The van der Waals surface area contributed by atoms with Crippen molar-refractivity contribution in [3.63, 3.8) is 0 Å². The molecule has 168 valence electrons. The van der Waals surface area contributed by atoms with Crippen molar-refractivity contribution in [3.8, 4) is 17.2 Å². The number of carbonyl (C=O) groups is 1. The van der Waals surface area contributed by atoms with Crippen molar-refractivity contribution in [1.29, 1.82) is 0 Å². The lowest BCUT2D eigenvalue weighted by molar-refractivity contribution is 0.0589. The number of amides is 1. The molecule has 6 nitrogen and oxygen atoms in total. The number of halogens is 2. The summed E-state index contributed by atoms with van der Waals surface area (Å²) in [5, 5.41) is 4.63. The number of aryl methyl sites for hydroxylation is 1. The van der Waals surface area contributed by atoms with Crippen LogP contribution in [0.25, 0.3) is 5.69 Å². The highest BCUT2D eigenvalue weighted by Crippen LogP contribution is 2.30. The Morgan fingerprint density at radius 3 is 2.44 bits per heavy atom. The number of rotatable bonds is 6. The van der Waals surface area contributed by atoms with Gasteiger partial charge < -0.3 is 14.4 Å². The molecule has 0 atom stereocenters. The lowest BCUT2D eigenvalue weighted by atomic mass is 10.1. The van der Waals surface area contributed by atoms with Gasteiger partial charge in [0.15, 0.2) is 11.5 Å². The molecule has 8 heteroatoms. The number of hydrogen-bond acceptors (Lipinski definition) is 4. The smallest absolute Gasteiger partial charge is 0.258 e. The van der Waals surface area contributed by atoms with Crippen molar-refractivity contribution < 1.29 is 18.7 Å². The zero-order chi connectivity index (χ0) is 22.7. The Hall–Kier alpha value is -3.06. The highest BCUT2D eigenvalue weighted by atomic mass is 35.5. The second-order valence-electron chi connectivity index (χ2n) is 7.63. The minimum atomic E-state index is -0.348. The molecule has 0 radical (unpaired) electrons. The summed E-state index contributed by atoms with van der Waals surface area (Å²) in [4.78, 5) is 15.0. The summed E-state index contributed by atoms with van der Waals surface area (Å²) in [5.41, 5.74) is 1.50. The highest BCUT2D eigenvalue weighted by molar-refractivity contribution is 6.33. The molecule has 32 heavy (non-hydrogen) atoms. The van der Waals surface area contributed by atoms with Crippen molar-refractivity contribution in [1.82, 2.24) is 14.7 Å². The first-order chi connectivity index (χ1) is 15.5. The molecule has 0 spiro atoms. The number of likely N-dealkylation sites (tertiary alicyclic amines) is 1. The Bertz CT molecular complexity index is 1090. The van der Waals surface area contributed by atoms with E-state index in [1.54, 1.807) is 24.0 Å². The van der Waals surface area contributed by atoms with Gasteiger partial charge in [0.1, 0.15) is 17.1 Å². The lowest BCUT2D eigenvalue weighted by Crippen LogP contribution is -2.42. The zero-order valence-corrected chi connectivity index (χ0v) is 18.8. The topological polar surface area (TPSA) is 56.6 Å². The number of ether oxygens (including phenoxy) is 2. The third kappa shape index (κ3) is 4.58. The Labute approximate surface area is 191 Å². The Kier molecular flexibility index (Phi) is 6.65. The van der Waals surface area contributed by atoms with Crippen molar-refractivity contribution in [2.75, 3.05) is 19.7 Å². The van der Waals surface area contributed by atoms with Crippen LogP contribution in [0.2, 0.25) is 5.15 Å². The number of para-hydroxylation sites is 2. The normalized spacial score (nSPS) is 14.4. The van der Waals surface area contributed by atoms with Gasteiger partial charge in [0, 0.05) is 25.9 Å². The molecule has 0 bridgehead atoms. The number of carbonyl (C=O) groups excluding carboxylic acids is 1. The molecule has 2 heterocycles. The van der Waals surface area contributed by atoms with E-state index >= 15 is 0 Å². The van der Waals surface area contributed by atoms with Crippen LogP contribution in [0.15, 0.2) is 48.5 Å². The molecule has 1 aliphatic rings. The maximum atomic E-state index is 13.2. The second-order valence-corrected chi connectivity index (χ2v) is 7.99. The Balaban J connectivity index is 1.43. The summed E-state index contributed by atoms with van der Waals surface area (Å²) in [6.45, 7) is 5.36. The Morgan fingerprint density at radius 1 is 1.12 bits per heavy atom. The van der Waals surface area contributed by atoms with E-state index in [0.717, 1.165) is 11.5 Å². The van der Waals surface area contributed by atoms with Gasteiger partial charge in [0.2, 0.25) is 0 Å².